The molecule has 2 amide bonds. The Labute approximate surface area is 126 Å². The molecule has 21 heavy (non-hydrogen) atoms. The molecule has 3 atom stereocenters. The number of hydrogen-bond acceptors (Lipinski definition) is 4. The fourth-order valence-corrected chi connectivity index (χ4v) is 4.22. The molecule has 1 saturated heterocycles. The summed E-state index contributed by atoms with van der Waals surface area (Å²) in [5.41, 5.74) is -3.92. The molecule has 0 aromatic heterocycles. The number of carbonyl (C=O) groups excluding carboxylic acids is 2. The van der Waals surface area contributed by atoms with Gasteiger partial charge in [0.15, 0.2) is 10.8 Å². The van der Waals surface area contributed by atoms with Gasteiger partial charge in [-0.25, -0.2) is 0 Å². The third kappa shape index (κ3) is 1.06. The van der Waals surface area contributed by atoms with E-state index in [1.54, 1.807) is 31.2 Å². The highest BCUT2D eigenvalue weighted by Gasteiger charge is 2.98. The summed E-state index contributed by atoms with van der Waals surface area (Å²) in [6.45, 7) is 1.76. The van der Waals surface area contributed by atoms with Gasteiger partial charge in [0.25, 0.3) is 0 Å². The lowest BCUT2D eigenvalue weighted by molar-refractivity contribution is -0.129. The van der Waals surface area contributed by atoms with Gasteiger partial charge >= 0.3 is 0 Å². The van der Waals surface area contributed by atoms with Crippen molar-refractivity contribution in [2.75, 3.05) is 0 Å². The third-order valence-electron chi connectivity index (χ3n) is 4.87. The van der Waals surface area contributed by atoms with E-state index in [2.05, 4.69) is 5.32 Å². The van der Waals surface area contributed by atoms with Crippen molar-refractivity contribution in [3.05, 3.63) is 34.9 Å². The largest absolute Gasteiger partial charge is 0.293 e. The Balaban J connectivity index is 2.36. The molecule has 5 nitrogen and oxygen atoms in total. The molecule has 1 heterocycles. The molecule has 2 aliphatic rings. The van der Waals surface area contributed by atoms with Gasteiger partial charge in [0, 0.05) is 5.02 Å². The lowest BCUT2D eigenvalue weighted by Crippen LogP contribution is -2.39. The highest BCUT2D eigenvalue weighted by atomic mass is 35.5. The summed E-state index contributed by atoms with van der Waals surface area (Å²) in [7, 11) is 0. The highest BCUT2D eigenvalue weighted by Crippen LogP contribution is 2.81. The maximum atomic E-state index is 12.2. The lowest BCUT2D eigenvalue weighted by atomic mass is 9.81. The number of carbonyl (C=O) groups is 2. The summed E-state index contributed by atoms with van der Waals surface area (Å²) in [6.07, 6.45) is 0.313. The topological polar surface area (TPSA) is 93.8 Å². The second-order valence-electron chi connectivity index (χ2n) is 5.28. The Hall–Kier alpha value is -2.37. The van der Waals surface area contributed by atoms with Crippen LogP contribution in [0.5, 0.6) is 0 Å². The van der Waals surface area contributed by atoms with Crippen molar-refractivity contribution in [3.63, 3.8) is 0 Å². The third-order valence-corrected chi connectivity index (χ3v) is 5.11. The summed E-state index contributed by atoms with van der Waals surface area (Å²) in [6, 6.07) is 10.6. The van der Waals surface area contributed by atoms with Crippen LogP contribution in [-0.2, 0) is 15.0 Å². The molecule has 0 spiro atoms. The van der Waals surface area contributed by atoms with Gasteiger partial charge in [-0.3, -0.25) is 14.9 Å². The number of benzene rings is 1. The normalized spacial score (nSPS) is 36.4. The van der Waals surface area contributed by atoms with Crippen molar-refractivity contribution in [2.45, 2.75) is 18.8 Å². The van der Waals surface area contributed by atoms with Crippen LogP contribution >= 0.6 is 11.6 Å². The van der Waals surface area contributed by atoms with Crippen LogP contribution in [0, 0.1) is 33.5 Å². The van der Waals surface area contributed by atoms with Gasteiger partial charge in [0.2, 0.25) is 11.8 Å². The van der Waals surface area contributed by atoms with Crippen LogP contribution in [0.25, 0.3) is 0 Å². The summed E-state index contributed by atoms with van der Waals surface area (Å²) in [5, 5.41) is 21.8. The number of nitrogens with one attached hydrogen (secondary N) is 1. The number of hydrogen-bond donors (Lipinski definition) is 1. The molecular formula is C15H10ClN3O2. The minimum atomic E-state index is -1.68. The van der Waals surface area contributed by atoms with Gasteiger partial charge < -0.3 is 0 Å². The molecule has 1 aromatic carbocycles. The predicted molar refractivity (Wildman–Crippen MR) is 72.7 cm³/mol. The number of fused-ring (bicyclic) bond motifs is 1. The summed E-state index contributed by atoms with van der Waals surface area (Å²) >= 11 is 5.99. The van der Waals surface area contributed by atoms with Crippen molar-refractivity contribution in [1.29, 1.82) is 10.5 Å². The average molecular weight is 300 g/mol. The van der Waals surface area contributed by atoms with Crippen LogP contribution in [-0.4, -0.2) is 11.8 Å². The van der Waals surface area contributed by atoms with E-state index < -0.39 is 28.1 Å². The van der Waals surface area contributed by atoms with Gasteiger partial charge in [-0.1, -0.05) is 30.7 Å². The van der Waals surface area contributed by atoms with E-state index in [1.165, 1.54) is 0 Å². The first kappa shape index (κ1) is 13.6. The van der Waals surface area contributed by atoms with E-state index in [1.807, 2.05) is 12.1 Å². The smallest absolute Gasteiger partial charge is 0.250 e. The van der Waals surface area contributed by atoms with Crippen molar-refractivity contribution < 1.29 is 9.59 Å². The fourth-order valence-electron chi connectivity index (χ4n) is 4.03. The maximum Gasteiger partial charge on any atom is 0.250 e. The number of amides is 2. The van der Waals surface area contributed by atoms with Crippen LogP contribution in [0.3, 0.4) is 0 Å². The number of halogens is 1. The maximum absolute atomic E-state index is 12.2. The number of nitrogens with zero attached hydrogens (tertiary/aromatic N) is 2. The standard InChI is InChI=1S/C15H10ClN3O2/c1-2-13(9-4-3-5-10(16)6-9)14(7-17)11(20)19-12(21)15(13,14)8-18/h3-6H,2H2,1H3,(H,19,20,21)/t13?,14-,15+. The zero-order chi connectivity index (χ0) is 15.5. The second kappa shape index (κ2) is 3.84. The Morgan fingerprint density at radius 1 is 1.19 bits per heavy atom. The van der Waals surface area contributed by atoms with Crippen molar-refractivity contribution in [1.82, 2.24) is 5.32 Å². The predicted octanol–water partition coefficient (Wildman–Crippen LogP) is 1.68. The van der Waals surface area contributed by atoms with E-state index in [0.717, 1.165) is 0 Å². The molecule has 1 saturated carbocycles. The van der Waals surface area contributed by atoms with Crippen LogP contribution in [0.15, 0.2) is 24.3 Å². The molecule has 1 aromatic rings. The molecule has 0 bridgehead atoms. The van der Waals surface area contributed by atoms with Crippen molar-refractivity contribution in [2.24, 2.45) is 10.8 Å². The molecule has 3 rings (SSSR count). The number of rotatable bonds is 2. The molecule has 1 N–H and O–H groups in total. The van der Waals surface area contributed by atoms with E-state index in [0.29, 0.717) is 17.0 Å². The first-order valence-corrected chi connectivity index (χ1v) is 6.80. The zero-order valence-corrected chi connectivity index (χ0v) is 11.9. The first-order chi connectivity index (χ1) is 9.98. The molecule has 0 radical (unpaired) electrons. The lowest BCUT2D eigenvalue weighted by Gasteiger charge is -2.22. The highest BCUT2D eigenvalue weighted by molar-refractivity contribution is 6.30. The van der Waals surface area contributed by atoms with Gasteiger partial charge in [0.05, 0.1) is 17.6 Å². The Kier molecular flexibility index (Phi) is 2.49. The number of nitriles is 2. The summed E-state index contributed by atoms with van der Waals surface area (Å²) < 4.78 is 0. The number of piperidine rings is 1. The van der Waals surface area contributed by atoms with Crippen LogP contribution in [0.2, 0.25) is 5.02 Å². The molecule has 1 aliphatic carbocycles. The molecule has 1 unspecified atom stereocenters. The van der Waals surface area contributed by atoms with Crippen LogP contribution in [0.1, 0.15) is 18.9 Å². The molecular weight excluding hydrogens is 290 g/mol. The second-order valence-corrected chi connectivity index (χ2v) is 5.71. The minimum absolute atomic E-state index is 0.313. The monoisotopic (exact) mass is 299 g/mol. The van der Waals surface area contributed by atoms with E-state index in [-0.39, 0.29) is 0 Å². The Morgan fingerprint density at radius 3 is 2.19 bits per heavy atom. The minimum Gasteiger partial charge on any atom is -0.293 e. The number of imide groups is 1. The molecule has 104 valence electrons. The van der Waals surface area contributed by atoms with Gasteiger partial charge in [-0.05, 0) is 24.1 Å². The molecule has 1 aliphatic heterocycles. The van der Waals surface area contributed by atoms with E-state index in [9.17, 15) is 20.1 Å². The molecule has 6 heteroatoms. The quantitative estimate of drug-likeness (QED) is 0.841. The summed E-state index contributed by atoms with van der Waals surface area (Å²) in [4.78, 5) is 24.5. The van der Waals surface area contributed by atoms with Gasteiger partial charge in [0.1, 0.15) is 0 Å². The van der Waals surface area contributed by atoms with E-state index in [4.69, 9.17) is 11.6 Å². The van der Waals surface area contributed by atoms with E-state index >= 15 is 0 Å². The zero-order valence-electron chi connectivity index (χ0n) is 11.1. The SMILES string of the molecule is CCC1(c2cccc(Cl)c2)[C@]2(C#N)C(=O)NC(=O)[C@]12C#N. The Morgan fingerprint density at radius 2 is 1.76 bits per heavy atom. The fraction of sp³-hybridized carbons (Fsp3) is 0.333. The van der Waals surface area contributed by atoms with Crippen LogP contribution in [0.4, 0.5) is 0 Å². The van der Waals surface area contributed by atoms with Gasteiger partial charge in [-0.2, -0.15) is 10.5 Å². The average Bonchev–Trinajstić information content (AvgIpc) is 2.97. The summed E-state index contributed by atoms with van der Waals surface area (Å²) in [5.74, 6) is -1.39. The van der Waals surface area contributed by atoms with Crippen LogP contribution < -0.4 is 5.32 Å². The van der Waals surface area contributed by atoms with Crippen molar-refractivity contribution >= 4 is 23.4 Å². The molecule has 2 fully saturated rings. The van der Waals surface area contributed by atoms with Crippen molar-refractivity contribution in [3.8, 4) is 12.1 Å². The Bertz CT molecular complexity index is 738. The van der Waals surface area contributed by atoms with Gasteiger partial charge in [-0.15, -0.1) is 0 Å². The first-order valence-electron chi connectivity index (χ1n) is 6.43.